The van der Waals surface area contributed by atoms with Crippen LogP contribution in [0.2, 0.25) is 0 Å². The molecular formula is C8H14N4O2. The number of anilines is 1. The normalized spacial score (nSPS) is 12.4. The molecule has 0 saturated heterocycles. The number of carbonyl (C=O) groups is 1. The summed E-state index contributed by atoms with van der Waals surface area (Å²) in [4.78, 5) is 11.5. The maximum atomic E-state index is 11.5. The Bertz CT molecular complexity index is 310. The molecule has 0 radical (unpaired) electrons. The van der Waals surface area contributed by atoms with Crippen molar-refractivity contribution in [3.8, 4) is 0 Å². The first kappa shape index (κ1) is 10.5. The van der Waals surface area contributed by atoms with E-state index in [2.05, 4.69) is 15.5 Å². The molecule has 0 spiro atoms. The lowest BCUT2D eigenvalue weighted by Gasteiger charge is -2.11. The number of nitrogens with one attached hydrogen (secondary N) is 2. The highest BCUT2D eigenvalue weighted by molar-refractivity contribution is 5.97. The molecule has 4 N–H and O–H groups in total. The predicted molar refractivity (Wildman–Crippen MR) is 51.8 cm³/mol. The number of aromatic nitrogens is 2. The van der Waals surface area contributed by atoms with Crippen molar-refractivity contribution in [2.45, 2.75) is 13.0 Å². The second kappa shape index (κ2) is 4.61. The Morgan fingerprint density at radius 1 is 1.86 bits per heavy atom. The van der Waals surface area contributed by atoms with Crippen LogP contribution in [0.15, 0.2) is 6.20 Å². The number of amides is 1. The monoisotopic (exact) mass is 198 g/mol. The second-order valence-electron chi connectivity index (χ2n) is 3.03. The SMILES string of the molecule is COCC(C)NC(=O)c1[nH]ncc1N. The van der Waals surface area contributed by atoms with Crippen LogP contribution in [0.25, 0.3) is 0 Å². The molecular weight excluding hydrogens is 184 g/mol. The van der Waals surface area contributed by atoms with E-state index in [-0.39, 0.29) is 17.6 Å². The first-order valence-electron chi connectivity index (χ1n) is 4.23. The van der Waals surface area contributed by atoms with E-state index in [1.165, 1.54) is 6.20 Å². The summed E-state index contributed by atoms with van der Waals surface area (Å²) in [6, 6.07) is -0.0600. The summed E-state index contributed by atoms with van der Waals surface area (Å²) in [5.74, 6) is -0.274. The summed E-state index contributed by atoms with van der Waals surface area (Å²) in [5, 5.41) is 8.89. The minimum absolute atomic E-state index is 0.0600. The number of nitrogens with two attached hydrogens (primary N) is 1. The van der Waals surface area contributed by atoms with Gasteiger partial charge in [0.05, 0.1) is 18.5 Å². The van der Waals surface area contributed by atoms with Crippen molar-refractivity contribution in [1.29, 1.82) is 0 Å². The molecule has 0 aromatic carbocycles. The molecule has 6 heteroatoms. The van der Waals surface area contributed by atoms with Gasteiger partial charge in [-0.05, 0) is 6.92 Å². The summed E-state index contributed by atoms with van der Waals surface area (Å²) >= 11 is 0. The molecule has 1 heterocycles. The molecule has 78 valence electrons. The third-order valence-corrected chi connectivity index (χ3v) is 1.69. The number of nitrogen functional groups attached to an aromatic ring is 1. The molecule has 0 aliphatic heterocycles. The van der Waals surface area contributed by atoms with Gasteiger partial charge >= 0.3 is 0 Å². The largest absolute Gasteiger partial charge is 0.396 e. The van der Waals surface area contributed by atoms with Gasteiger partial charge in [0.15, 0.2) is 0 Å². The minimum atomic E-state index is -0.274. The van der Waals surface area contributed by atoms with Crippen molar-refractivity contribution in [2.75, 3.05) is 19.5 Å². The van der Waals surface area contributed by atoms with Crippen LogP contribution in [0.5, 0.6) is 0 Å². The summed E-state index contributed by atoms with van der Waals surface area (Å²) in [6.45, 7) is 2.30. The van der Waals surface area contributed by atoms with Gasteiger partial charge in [0, 0.05) is 13.2 Å². The van der Waals surface area contributed by atoms with Crippen LogP contribution in [0.1, 0.15) is 17.4 Å². The van der Waals surface area contributed by atoms with Crippen LogP contribution in [0, 0.1) is 0 Å². The van der Waals surface area contributed by atoms with Crippen LogP contribution in [0.3, 0.4) is 0 Å². The number of aromatic amines is 1. The smallest absolute Gasteiger partial charge is 0.271 e. The van der Waals surface area contributed by atoms with E-state index < -0.39 is 0 Å². The second-order valence-corrected chi connectivity index (χ2v) is 3.03. The highest BCUT2D eigenvalue weighted by atomic mass is 16.5. The molecule has 0 bridgehead atoms. The van der Waals surface area contributed by atoms with Crippen molar-refractivity contribution in [3.05, 3.63) is 11.9 Å². The Labute approximate surface area is 81.8 Å². The Balaban J connectivity index is 2.55. The van der Waals surface area contributed by atoms with Crippen molar-refractivity contribution in [1.82, 2.24) is 15.5 Å². The van der Waals surface area contributed by atoms with E-state index in [4.69, 9.17) is 10.5 Å². The van der Waals surface area contributed by atoms with Gasteiger partial charge in [0.25, 0.3) is 5.91 Å². The third-order valence-electron chi connectivity index (χ3n) is 1.69. The summed E-state index contributed by atoms with van der Waals surface area (Å²) in [6.07, 6.45) is 1.40. The van der Waals surface area contributed by atoms with Gasteiger partial charge in [0.1, 0.15) is 5.69 Å². The highest BCUT2D eigenvalue weighted by Crippen LogP contribution is 2.05. The average Bonchev–Trinajstić information content (AvgIpc) is 2.51. The quantitative estimate of drug-likeness (QED) is 0.622. The van der Waals surface area contributed by atoms with Crippen molar-refractivity contribution >= 4 is 11.6 Å². The lowest BCUT2D eigenvalue weighted by Crippen LogP contribution is -2.36. The number of hydrogen-bond donors (Lipinski definition) is 3. The van der Waals surface area contributed by atoms with Gasteiger partial charge in [-0.2, -0.15) is 5.10 Å². The Morgan fingerprint density at radius 2 is 2.57 bits per heavy atom. The number of methoxy groups -OCH3 is 1. The maximum Gasteiger partial charge on any atom is 0.271 e. The van der Waals surface area contributed by atoms with Gasteiger partial charge in [-0.3, -0.25) is 9.89 Å². The summed E-state index contributed by atoms with van der Waals surface area (Å²) in [7, 11) is 1.58. The fraction of sp³-hybridized carbons (Fsp3) is 0.500. The number of hydrogen-bond acceptors (Lipinski definition) is 4. The van der Waals surface area contributed by atoms with E-state index in [1.54, 1.807) is 7.11 Å². The first-order chi connectivity index (χ1) is 6.65. The number of H-pyrrole nitrogens is 1. The molecule has 1 aromatic rings. The standard InChI is InChI=1S/C8H14N4O2/c1-5(4-14-2)11-8(13)7-6(9)3-10-12-7/h3,5H,4,9H2,1-2H3,(H,10,12)(H,11,13). The van der Waals surface area contributed by atoms with Crippen LogP contribution in [-0.2, 0) is 4.74 Å². The molecule has 1 rings (SSSR count). The van der Waals surface area contributed by atoms with Gasteiger partial charge in [-0.25, -0.2) is 0 Å². The van der Waals surface area contributed by atoms with Crippen molar-refractivity contribution in [2.24, 2.45) is 0 Å². The molecule has 14 heavy (non-hydrogen) atoms. The van der Waals surface area contributed by atoms with E-state index in [0.29, 0.717) is 12.3 Å². The predicted octanol–water partition coefficient (Wildman–Crippen LogP) is -0.243. The summed E-state index contributed by atoms with van der Waals surface area (Å²) < 4.78 is 4.88. The fourth-order valence-electron chi connectivity index (χ4n) is 1.06. The maximum absolute atomic E-state index is 11.5. The molecule has 0 fully saturated rings. The molecule has 1 atom stereocenters. The van der Waals surface area contributed by atoms with E-state index in [0.717, 1.165) is 0 Å². The van der Waals surface area contributed by atoms with E-state index in [9.17, 15) is 4.79 Å². The molecule has 0 aliphatic carbocycles. The Kier molecular flexibility index (Phi) is 3.47. The lowest BCUT2D eigenvalue weighted by atomic mass is 10.3. The zero-order chi connectivity index (χ0) is 10.6. The van der Waals surface area contributed by atoms with Gasteiger partial charge in [-0.15, -0.1) is 0 Å². The minimum Gasteiger partial charge on any atom is -0.396 e. The molecule has 1 unspecified atom stereocenters. The van der Waals surface area contributed by atoms with Crippen LogP contribution in [0.4, 0.5) is 5.69 Å². The number of nitrogens with zero attached hydrogens (tertiary/aromatic N) is 1. The summed E-state index contributed by atoms with van der Waals surface area (Å²) in [5.41, 5.74) is 6.13. The fourth-order valence-corrected chi connectivity index (χ4v) is 1.06. The molecule has 1 amide bonds. The average molecular weight is 198 g/mol. The van der Waals surface area contributed by atoms with Crippen molar-refractivity contribution in [3.63, 3.8) is 0 Å². The van der Waals surface area contributed by atoms with Gasteiger partial charge in [0.2, 0.25) is 0 Å². The van der Waals surface area contributed by atoms with Gasteiger partial charge in [-0.1, -0.05) is 0 Å². The first-order valence-corrected chi connectivity index (χ1v) is 4.23. The molecule has 6 nitrogen and oxygen atoms in total. The van der Waals surface area contributed by atoms with Gasteiger partial charge < -0.3 is 15.8 Å². The topological polar surface area (TPSA) is 93.0 Å². The molecule has 0 saturated carbocycles. The number of ether oxygens (including phenoxy) is 1. The van der Waals surface area contributed by atoms with Crippen LogP contribution in [-0.4, -0.2) is 35.9 Å². The number of carbonyl (C=O) groups excluding carboxylic acids is 1. The Morgan fingerprint density at radius 3 is 3.07 bits per heavy atom. The third kappa shape index (κ3) is 2.46. The molecule has 0 aliphatic rings. The van der Waals surface area contributed by atoms with E-state index in [1.807, 2.05) is 6.92 Å². The lowest BCUT2D eigenvalue weighted by molar-refractivity contribution is 0.0901. The Hall–Kier alpha value is -1.56. The number of rotatable bonds is 4. The zero-order valence-electron chi connectivity index (χ0n) is 8.20. The highest BCUT2D eigenvalue weighted by Gasteiger charge is 2.13. The van der Waals surface area contributed by atoms with E-state index >= 15 is 0 Å². The van der Waals surface area contributed by atoms with Crippen molar-refractivity contribution < 1.29 is 9.53 Å². The zero-order valence-corrected chi connectivity index (χ0v) is 8.20. The van der Waals surface area contributed by atoms with Crippen LogP contribution >= 0.6 is 0 Å². The molecule has 1 aromatic heterocycles. The van der Waals surface area contributed by atoms with Crippen LogP contribution < -0.4 is 11.1 Å².